The molecular formula is C39H49N7O8. The van der Waals surface area contributed by atoms with Crippen LogP contribution in [0.15, 0.2) is 59.8 Å². The van der Waals surface area contributed by atoms with Gasteiger partial charge in [-0.15, -0.1) is 10.2 Å². The molecule has 0 radical (unpaired) electrons. The lowest BCUT2D eigenvalue weighted by Gasteiger charge is -2.28. The summed E-state index contributed by atoms with van der Waals surface area (Å²) in [6, 6.07) is 9.00. The molecule has 1 amide bonds. The Morgan fingerprint density at radius 3 is 2.00 bits per heavy atom. The third-order valence-electron chi connectivity index (χ3n) is 7.93. The van der Waals surface area contributed by atoms with Crippen LogP contribution < -0.4 is 15.0 Å². The van der Waals surface area contributed by atoms with Gasteiger partial charge >= 0.3 is 11.9 Å². The van der Waals surface area contributed by atoms with Crippen molar-refractivity contribution in [2.24, 2.45) is 21.6 Å². The average molecular weight is 744 g/mol. The number of nitro benzene ring substituents is 1. The number of rotatable bonds is 22. The van der Waals surface area contributed by atoms with Crippen LogP contribution in [0.4, 0.5) is 28.4 Å². The minimum atomic E-state index is -0.711. The monoisotopic (exact) mass is 743 g/mol. The highest BCUT2D eigenvalue weighted by molar-refractivity contribution is 5.95. The van der Waals surface area contributed by atoms with Gasteiger partial charge in [-0.1, -0.05) is 40.9 Å². The molecule has 1 atom stereocenters. The second-order valence-corrected chi connectivity index (χ2v) is 13.7. The molecule has 0 aliphatic rings. The van der Waals surface area contributed by atoms with Gasteiger partial charge in [0, 0.05) is 49.9 Å². The molecule has 15 heteroatoms. The summed E-state index contributed by atoms with van der Waals surface area (Å²) in [7, 11) is 1.48. The van der Waals surface area contributed by atoms with Crippen molar-refractivity contribution in [3.63, 3.8) is 0 Å². The van der Waals surface area contributed by atoms with E-state index in [1.807, 2.05) is 19.1 Å². The van der Waals surface area contributed by atoms with Gasteiger partial charge in [-0.3, -0.25) is 14.9 Å². The van der Waals surface area contributed by atoms with Gasteiger partial charge in [0.05, 0.1) is 47.7 Å². The number of nitrogens with one attached hydrogen (secondary N) is 1. The molecular weight excluding hydrogens is 694 g/mol. The predicted molar refractivity (Wildman–Crippen MR) is 204 cm³/mol. The number of nitrogens with zero attached hydrogens (tertiary/aromatic N) is 6. The molecule has 0 heterocycles. The van der Waals surface area contributed by atoms with Crippen molar-refractivity contribution in [1.29, 1.82) is 10.5 Å². The number of anilines is 2. The van der Waals surface area contributed by atoms with Gasteiger partial charge in [0.1, 0.15) is 29.3 Å². The Labute approximate surface area is 316 Å². The number of amides is 1. The molecule has 2 aromatic carbocycles. The second-order valence-electron chi connectivity index (χ2n) is 13.7. The quantitative estimate of drug-likeness (QED) is 0.0302. The first kappa shape index (κ1) is 44.1. The summed E-state index contributed by atoms with van der Waals surface area (Å²) in [6.45, 7) is 16.6. The minimum absolute atomic E-state index is 0.00578. The van der Waals surface area contributed by atoms with E-state index >= 15 is 0 Å². The van der Waals surface area contributed by atoms with Crippen molar-refractivity contribution in [2.45, 2.75) is 72.6 Å². The summed E-state index contributed by atoms with van der Waals surface area (Å²) in [5.74, 6) is -0.827. The molecule has 1 N–H and O–H groups in total. The number of carbonyl (C=O) groups is 3. The number of hydrogen-bond donors (Lipinski definition) is 1. The average Bonchev–Trinajstić information content (AvgIpc) is 3.12. The smallest absolute Gasteiger partial charge is 0.330 e. The second kappa shape index (κ2) is 22.1. The van der Waals surface area contributed by atoms with Gasteiger partial charge in [-0.05, 0) is 55.9 Å². The van der Waals surface area contributed by atoms with Crippen LogP contribution in [-0.4, -0.2) is 56.2 Å². The standard InChI is InChI=1S/C39H49N7O8/c1-8-36(48)53-17-13-10-11-15-45(16-12-14-18-54-37(49)9-2)33-22-31(42-35(47)19-27(3)24-39(4,5)6)32(23-34(33)52-7)43-44-38-28(25-40)20-30(46(50)51)21-29(38)26-41/h8-9,20-23,27H,1-2,10-19,24H2,3-7H3,(H,42,47). The number of azo groups is 1. The van der Waals surface area contributed by atoms with Crippen molar-refractivity contribution >= 4 is 46.3 Å². The molecule has 0 bridgehead atoms. The van der Waals surface area contributed by atoms with Crippen molar-refractivity contribution in [3.05, 3.63) is 70.8 Å². The third kappa shape index (κ3) is 14.9. The normalized spacial score (nSPS) is 11.5. The van der Waals surface area contributed by atoms with E-state index in [0.29, 0.717) is 50.2 Å². The van der Waals surface area contributed by atoms with Gasteiger partial charge in [0.2, 0.25) is 5.91 Å². The van der Waals surface area contributed by atoms with E-state index in [4.69, 9.17) is 14.2 Å². The SMILES string of the molecule is C=CC(=O)OCCCCCN(CCCCOC(=O)C=C)c1cc(NC(=O)CC(C)CC(C)(C)C)c(N=Nc2c(C#N)cc([N+](=O)[O-])cc2C#N)cc1OC. The summed E-state index contributed by atoms with van der Waals surface area (Å²) in [5.41, 5.74) is 0.0106. The lowest BCUT2D eigenvalue weighted by molar-refractivity contribution is -0.384. The summed E-state index contributed by atoms with van der Waals surface area (Å²) in [4.78, 5) is 49.2. The van der Waals surface area contributed by atoms with E-state index in [1.54, 1.807) is 12.1 Å². The number of benzene rings is 2. The van der Waals surface area contributed by atoms with Gasteiger partial charge in [-0.2, -0.15) is 10.5 Å². The molecule has 0 aliphatic heterocycles. The highest BCUT2D eigenvalue weighted by Crippen LogP contribution is 2.41. The van der Waals surface area contributed by atoms with Crippen LogP contribution >= 0.6 is 0 Å². The predicted octanol–water partition coefficient (Wildman–Crippen LogP) is 8.38. The van der Waals surface area contributed by atoms with Gasteiger partial charge < -0.3 is 24.4 Å². The number of nitro groups is 1. The molecule has 2 aromatic rings. The lowest BCUT2D eigenvalue weighted by Crippen LogP contribution is -2.27. The third-order valence-corrected chi connectivity index (χ3v) is 7.93. The summed E-state index contributed by atoms with van der Waals surface area (Å²) >= 11 is 0. The molecule has 0 aromatic heterocycles. The first-order chi connectivity index (χ1) is 25.7. The molecule has 54 heavy (non-hydrogen) atoms. The molecule has 0 saturated carbocycles. The fraction of sp³-hybridized carbons (Fsp3) is 0.462. The van der Waals surface area contributed by atoms with Gasteiger partial charge in [-0.25, -0.2) is 9.59 Å². The topological polar surface area (TPSA) is 210 Å². The van der Waals surface area contributed by atoms with Crippen molar-refractivity contribution in [1.82, 2.24) is 0 Å². The number of methoxy groups -OCH3 is 1. The molecule has 15 nitrogen and oxygen atoms in total. The molecule has 0 aliphatic carbocycles. The van der Waals surface area contributed by atoms with Crippen LogP contribution in [0, 0.1) is 44.1 Å². The van der Waals surface area contributed by atoms with E-state index in [2.05, 4.69) is 54.4 Å². The maximum absolute atomic E-state index is 13.5. The van der Waals surface area contributed by atoms with E-state index in [1.165, 1.54) is 7.11 Å². The molecule has 2 rings (SSSR count). The number of ether oxygens (including phenoxy) is 3. The maximum atomic E-state index is 13.5. The Kier molecular flexibility index (Phi) is 18.0. The first-order valence-corrected chi connectivity index (χ1v) is 17.6. The number of non-ortho nitro benzene ring substituents is 1. The Morgan fingerprint density at radius 1 is 0.944 bits per heavy atom. The van der Waals surface area contributed by atoms with Crippen LogP contribution in [-0.2, 0) is 23.9 Å². The van der Waals surface area contributed by atoms with Crippen LogP contribution in [0.25, 0.3) is 0 Å². The molecule has 0 spiro atoms. The van der Waals surface area contributed by atoms with Crippen molar-refractivity contribution in [3.8, 4) is 17.9 Å². The molecule has 0 fully saturated rings. The molecule has 1 unspecified atom stereocenters. The van der Waals surface area contributed by atoms with Gasteiger partial charge in [0.15, 0.2) is 0 Å². The Hall–Kier alpha value is -6.09. The number of hydrogen-bond acceptors (Lipinski definition) is 13. The fourth-order valence-corrected chi connectivity index (χ4v) is 5.70. The van der Waals surface area contributed by atoms with E-state index in [-0.39, 0.29) is 65.1 Å². The van der Waals surface area contributed by atoms with E-state index in [0.717, 1.165) is 37.1 Å². The van der Waals surface area contributed by atoms with E-state index in [9.17, 15) is 35.0 Å². The Balaban J connectivity index is 2.60. The zero-order valence-electron chi connectivity index (χ0n) is 31.7. The van der Waals surface area contributed by atoms with Crippen LogP contribution in [0.5, 0.6) is 5.75 Å². The van der Waals surface area contributed by atoms with Crippen molar-refractivity contribution in [2.75, 3.05) is 43.6 Å². The summed E-state index contributed by atoms with van der Waals surface area (Å²) in [5, 5.41) is 42.4. The number of esters is 2. The zero-order chi connectivity index (χ0) is 40.3. The largest absolute Gasteiger partial charge is 0.494 e. The first-order valence-electron chi connectivity index (χ1n) is 17.6. The number of carbonyl (C=O) groups excluding carboxylic acids is 3. The highest BCUT2D eigenvalue weighted by atomic mass is 16.6. The zero-order valence-corrected chi connectivity index (χ0v) is 31.7. The lowest BCUT2D eigenvalue weighted by atomic mass is 9.84. The van der Waals surface area contributed by atoms with Crippen LogP contribution in [0.1, 0.15) is 83.8 Å². The Morgan fingerprint density at radius 2 is 1.50 bits per heavy atom. The van der Waals surface area contributed by atoms with Gasteiger partial charge in [0.25, 0.3) is 5.69 Å². The summed E-state index contributed by atoms with van der Waals surface area (Å²) < 4.78 is 16.0. The van der Waals surface area contributed by atoms with Crippen LogP contribution in [0.3, 0.4) is 0 Å². The molecule has 0 saturated heterocycles. The summed E-state index contributed by atoms with van der Waals surface area (Å²) in [6.07, 6.45) is 6.51. The minimum Gasteiger partial charge on any atom is -0.494 e. The van der Waals surface area contributed by atoms with Crippen molar-refractivity contribution < 1.29 is 33.5 Å². The van der Waals surface area contributed by atoms with Crippen LogP contribution in [0.2, 0.25) is 0 Å². The number of unbranched alkanes of at least 4 members (excludes halogenated alkanes) is 3. The molecule has 288 valence electrons. The highest BCUT2D eigenvalue weighted by Gasteiger charge is 2.22. The number of nitriles is 2. The van der Waals surface area contributed by atoms with E-state index < -0.39 is 22.5 Å². The Bertz CT molecular complexity index is 1750. The maximum Gasteiger partial charge on any atom is 0.330 e. The fourth-order valence-electron chi connectivity index (χ4n) is 5.70.